The highest BCUT2D eigenvalue weighted by molar-refractivity contribution is 7.98. The molecule has 94 valence electrons. The lowest BCUT2D eigenvalue weighted by atomic mass is 10.1. The Morgan fingerprint density at radius 3 is 2.89 bits per heavy atom. The number of nitrogens with one attached hydrogen (secondary N) is 1. The molecule has 0 saturated carbocycles. The number of hydrogen-bond acceptors (Lipinski definition) is 3. The lowest BCUT2D eigenvalue weighted by Gasteiger charge is -2.11. The molecule has 3 heteroatoms. The zero-order valence-electron chi connectivity index (χ0n) is 10.8. The van der Waals surface area contributed by atoms with Gasteiger partial charge in [0.15, 0.2) is 0 Å². The number of nitrogens with zero attached hydrogens (tertiary/aromatic N) is 1. The van der Waals surface area contributed by atoms with Crippen LogP contribution in [0.5, 0.6) is 0 Å². The molecule has 1 heterocycles. The molecule has 1 unspecified atom stereocenters. The van der Waals surface area contributed by atoms with Crippen LogP contribution < -0.4 is 5.32 Å². The van der Waals surface area contributed by atoms with E-state index in [1.807, 2.05) is 37.3 Å². The average molecular weight is 258 g/mol. The molecule has 0 amide bonds. The Kier molecular flexibility index (Phi) is 4.79. The first-order valence-corrected chi connectivity index (χ1v) is 7.07. The summed E-state index contributed by atoms with van der Waals surface area (Å²) in [7, 11) is 1.99. The topological polar surface area (TPSA) is 24.9 Å². The molecule has 1 N–H and O–H groups in total. The normalized spacial score (nSPS) is 12.3. The lowest BCUT2D eigenvalue weighted by Crippen LogP contribution is -2.11. The number of rotatable bonds is 5. The quantitative estimate of drug-likeness (QED) is 0.829. The maximum absolute atomic E-state index is 4.13. The van der Waals surface area contributed by atoms with Crippen molar-refractivity contribution in [1.82, 2.24) is 10.3 Å². The molecule has 0 bridgehead atoms. The minimum atomic E-state index is 0.393. The van der Waals surface area contributed by atoms with E-state index in [1.54, 1.807) is 0 Å². The Bertz CT molecular complexity index is 485. The molecular formula is C15H18N2S. The highest BCUT2D eigenvalue weighted by Gasteiger charge is 2.03. The summed E-state index contributed by atoms with van der Waals surface area (Å²) >= 11 is 1.85. The van der Waals surface area contributed by atoms with Crippen molar-refractivity contribution < 1.29 is 0 Å². The molecule has 1 atom stereocenters. The van der Waals surface area contributed by atoms with E-state index in [9.17, 15) is 0 Å². The van der Waals surface area contributed by atoms with E-state index in [2.05, 4.69) is 47.6 Å². The van der Waals surface area contributed by atoms with Gasteiger partial charge in [0, 0.05) is 29.1 Å². The number of aromatic nitrogens is 1. The predicted molar refractivity (Wildman–Crippen MR) is 77.7 cm³/mol. The van der Waals surface area contributed by atoms with Crippen LogP contribution in [0.3, 0.4) is 0 Å². The number of benzene rings is 1. The average Bonchev–Trinajstić information content (AvgIpc) is 2.45. The third-order valence-corrected chi connectivity index (χ3v) is 3.98. The summed E-state index contributed by atoms with van der Waals surface area (Å²) in [5, 5.41) is 3.26. The minimum Gasteiger partial charge on any atom is -0.313 e. The van der Waals surface area contributed by atoms with Gasteiger partial charge >= 0.3 is 0 Å². The van der Waals surface area contributed by atoms with Crippen LogP contribution >= 0.6 is 11.8 Å². The second-order valence-corrected chi connectivity index (χ2v) is 5.28. The Balaban J connectivity index is 2.01. The highest BCUT2D eigenvalue weighted by Crippen LogP contribution is 2.25. The Morgan fingerprint density at radius 2 is 2.17 bits per heavy atom. The molecule has 0 saturated heterocycles. The summed E-state index contributed by atoms with van der Waals surface area (Å²) < 4.78 is 0. The number of pyridine rings is 1. The monoisotopic (exact) mass is 258 g/mol. The molecule has 0 aliphatic heterocycles. The van der Waals surface area contributed by atoms with Gasteiger partial charge in [-0.25, -0.2) is 0 Å². The van der Waals surface area contributed by atoms with E-state index < -0.39 is 0 Å². The van der Waals surface area contributed by atoms with Crippen molar-refractivity contribution in [2.45, 2.75) is 23.6 Å². The van der Waals surface area contributed by atoms with Crippen molar-refractivity contribution in [3.63, 3.8) is 0 Å². The predicted octanol–water partition coefficient (Wildman–Crippen LogP) is 3.65. The van der Waals surface area contributed by atoms with Crippen LogP contribution in [0.4, 0.5) is 0 Å². The van der Waals surface area contributed by atoms with Crippen molar-refractivity contribution >= 4 is 11.8 Å². The summed E-state index contributed by atoms with van der Waals surface area (Å²) in [5.41, 5.74) is 2.59. The number of hydrogen-bond donors (Lipinski definition) is 1. The van der Waals surface area contributed by atoms with Crippen molar-refractivity contribution in [2.24, 2.45) is 0 Å². The van der Waals surface area contributed by atoms with Gasteiger partial charge in [-0.3, -0.25) is 4.98 Å². The van der Waals surface area contributed by atoms with E-state index in [0.29, 0.717) is 6.04 Å². The van der Waals surface area contributed by atoms with Gasteiger partial charge in [-0.1, -0.05) is 18.2 Å². The van der Waals surface area contributed by atoms with Crippen LogP contribution in [0.1, 0.15) is 24.1 Å². The maximum atomic E-state index is 4.13. The summed E-state index contributed by atoms with van der Waals surface area (Å²) in [6.45, 7) is 2.17. The molecule has 18 heavy (non-hydrogen) atoms. The second-order valence-electron chi connectivity index (χ2n) is 4.23. The SMILES string of the molecule is CNC(C)c1cccc(SCc2cccnc2)c1. The molecule has 0 fully saturated rings. The zero-order chi connectivity index (χ0) is 12.8. The minimum absolute atomic E-state index is 0.393. The molecule has 0 radical (unpaired) electrons. The highest BCUT2D eigenvalue weighted by atomic mass is 32.2. The molecule has 2 rings (SSSR count). The fourth-order valence-electron chi connectivity index (χ4n) is 1.69. The van der Waals surface area contributed by atoms with Gasteiger partial charge in [-0.2, -0.15) is 0 Å². The Hall–Kier alpha value is -1.32. The first kappa shape index (κ1) is 13.1. The van der Waals surface area contributed by atoms with Gasteiger partial charge in [0.1, 0.15) is 0 Å². The summed E-state index contributed by atoms with van der Waals surface area (Å²) in [6.07, 6.45) is 3.73. The Labute approximate surface area is 113 Å². The van der Waals surface area contributed by atoms with E-state index in [-0.39, 0.29) is 0 Å². The van der Waals surface area contributed by atoms with E-state index in [4.69, 9.17) is 0 Å². The molecule has 0 aliphatic rings. The van der Waals surface area contributed by atoms with Crippen molar-refractivity contribution in [3.8, 4) is 0 Å². The molecule has 2 nitrogen and oxygen atoms in total. The Morgan fingerprint density at radius 1 is 1.28 bits per heavy atom. The molecule has 0 spiro atoms. The maximum Gasteiger partial charge on any atom is 0.0308 e. The third kappa shape index (κ3) is 3.59. The van der Waals surface area contributed by atoms with Gasteiger partial charge < -0.3 is 5.32 Å². The van der Waals surface area contributed by atoms with Gasteiger partial charge in [0.25, 0.3) is 0 Å². The van der Waals surface area contributed by atoms with Crippen molar-refractivity contribution in [3.05, 3.63) is 59.9 Å². The molecule has 0 aliphatic carbocycles. The second kappa shape index (κ2) is 6.57. The first-order valence-electron chi connectivity index (χ1n) is 6.08. The molecular weight excluding hydrogens is 240 g/mol. The van der Waals surface area contributed by atoms with Crippen LogP contribution in [0, 0.1) is 0 Å². The van der Waals surface area contributed by atoms with Gasteiger partial charge in [0.2, 0.25) is 0 Å². The smallest absolute Gasteiger partial charge is 0.0308 e. The van der Waals surface area contributed by atoms with Crippen LogP contribution in [0.2, 0.25) is 0 Å². The van der Waals surface area contributed by atoms with Gasteiger partial charge in [-0.05, 0) is 43.3 Å². The largest absolute Gasteiger partial charge is 0.313 e. The van der Waals surface area contributed by atoms with E-state index in [0.717, 1.165) is 5.75 Å². The first-order chi connectivity index (χ1) is 8.79. The molecule has 2 aromatic rings. The van der Waals surface area contributed by atoms with Crippen LogP contribution in [0.15, 0.2) is 53.7 Å². The van der Waals surface area contributed by atoms with Crippen LogP contribution in [0.25, 0.3) is 0 Å². The summed E-state index contributed by atoms with van der Waals surface area (Å²) in [6, 6.07) is 13.2. The standard InChI is InChI=1S/C15H18N2S/c1-12(16-2)14-6-3-7-15(9-14)18-11-13-5-4-8-17-10-13/h3-10,12,16H,11H2,1-2H3. The van der Waals surface area contributed by atoms with Crippen LogP contribution in [-0.4, -0.2) is 12.0 Å². The van der Waals surface area contributed by atoms with Gasteiger partial charge in [0.05, 0.1) is 0 Å². The third-order valence-electron chi connectivity index (χ3n) is 2.92. The van der Waals surface area contributed by atoms with Crippen molar-refractivity contribution in [2.75, 3.05) is 7.05 Å². The summed E-state index contributed by atoms with van der Waals surface area (Å²) in [4.78, 5) is 5.44. The van der Waals surface area contributed by atoms with E-state index in [1.165, 1.54) is 16.0 Å². The molecule has 1 aromatic heterocycles. The van der Waals surface area contributed by atoms with Crippen LogP contribution in [-0.2, 0) is 5.75 Å². The summed E-state index contributed by atoms with van der Waals surface area (Å²) in [5.74, 6) is 0.964. The molecule has 1 aromatic carbocycles. The zero-order valence-corrected chi connectivity index (χ0v) is 11.6. The van der Waals surface area contributed by atoms with E-state index >= 15 is 0 Å². The fourth-order valence-corrected chi connectivity index (χ4v) is 2.59. The van der Waals surface area contributed by atoms with Gasteiger partial charge in [-0.15, -0.1) is 11.8 Å². The van der Waals surface area contributed by atoms with Crippen molar-refractivity contribution in [1.29, 1.82) is 0 Å². The number of thioether (sulfide) groups is 1. The lowest BCUT2D eigenvalue weighted by molar-refractivity contribution is 0.651. The fraction of sp³-hybridized carbons (Fsp3) is 0.267.